The van der Waals surface area contributed by atoms with Crippen LogP contribution in [0.25, 0.3) is 39.4 Å². The van der Waals surface area contributed by atoms with Gasteiger partial charge in [-0.1, -0.05) is 6.07 Å². The second kappa shape index (κ2) is 11.6. The number of benzene rings is 3. The Kier molecular flexibility index (Phi) is 8.02. The van der Waals surface area contributed by atoms with Gasteiger partial charge >= 0.3 is 6.36 Å². The average Bonchev–Trinajstić information content (AvgIpc) is 3.58. The van der Waals surface area contributed by atoms with Crippen LogP contribution in [0.5, 0.6) is 5.75 Å². The summed E-state index contributed by atoms with van der Waals surface area (Å²) in [4.78, 5) is 4.08. The van der Waals surface area contributed by atoms with E-state index in [4.69, 9.17) is 9.68 Å². The zero-order chi connectivity index (χ0) is 31.8. The maximum absolute atomic E-state index is 15.0. The highest BCUT2D eigenvalue weighted by molar-refractivity contribution is 7.90. The van der Waals surface area contributed by atoms with E-state index in [-0.39, 0.29) is 39.8 Å². The number of hydrogen-bond donors (Lipinski definition) is 1. The van der Waals surface area contributed by atoms with Crippen LogP contribution < -0.4 is 4.74 Å². The average molecular weight is 627 g/mol. The first-order valence-corrected chi connectivity index (χ1v) is 14.7. The Hall–Kier alpha value is -5.00. The number of hydrogen-bond acceptors (Lipinski definition) is 8. The summed E-state index contributed by atoms with van der Waals surface area (Å²) in [5.74, 6) is -0.925. The molecule has 0 radical (unpaired) electrons. The molecular formula is C30H22F4N4O5S. The first kappa shape index (κ1) is 30.5. The third-order valence-corrected chi connectivity index (χ3v) is 7.70. The predicted molar refractivity (Wildman–Crippen MR) is 150 cm³/mol. The maximum Gasteiger partial charge on any atom is 0.573 e. The third kappa shape index (κ3) is 6.34. The molecule has 2 heterocycles. The van der Waals surface area contributed by atoms with Crippen molar-refractivity contribution >= 4 is 9.84 Å². The summed E-state index contributed by atoms with van der Waals surface area (Å²) in [5, 5.41) is 23.2. The molecule has 14 heteroatoms. The fourth-order valence-electron chi connectivity index (χ4n) is 4.65. The minimum atomic E-state index is -4.87. The van der Waals surface area contributed by atoms with Gasteiger partial charge in [0.2, 0.25) is 0 Å². The summed E-state index contributed by atoms with van der Waals surface area (Å²) in [7, 11) is -3.92. The summed E-state index contributed by atoms with van der Waals surface area (Å²) in [6, 6.07) is 15.9. The fraction of sp³-hybridized carbons (Fsp3) is 0.167. The monoisotopic (exact) mass is 626 g/mol. The van der Waals surface area contributed by atoms with Crippen LogP contribution >= 0.6 is 0 Å². The highest BCUT2D eigenvalue weighted by atomic mass is 32.2. The molecule has 2 aromatic heterocycles. The summed E-state index contributed by atoms with van der Waals surface area (Å²) in [6.45, 7) is 0.758. The van der Waals surface area contributed by atoms with Crippen molar-refractivity contribution in [3.8, 4) is 51.2 Å². The van der Waals surface area contributed by atoms with Crippen molar-refractivity contribution in [2.45, 2.75) is 31.2 Å². The van der Waals surface area contributed by atoms with Crippen molar-refractivity contribution in [3.05, 3.63) is 89.8 Å². The van der Waals surface area contributed by atoms with Gasteiger partial charge in [0.15, 0.2) is 21.5 Å². The van der Waals surface area contributed by atoms with Gasteiger partial charge in [-0.3, -0.25) is 0 Å². The van der Waals surface area contributed by atoms with Crippen LogP contribution in [0.2, 0.25) is 0 Å². The molecule has 1 N–H and O–H groups in total. The molecule has 0 saturated carbocycles. The number of aryl methyl sites for hydroxylation is 1. The number of nitrogens with zero attached hydrogens (tertiary/aromatic N) is 4. The third-order valence-electron chi connectivity index (χ3n) is 6.53. The van der Waals surface area contributed by atoms with Gasteiger partial charge in [0.25, 0.3) is 0 Å². The molecule has 9 nitrogen and oxygen atoms in total. The van der Waals surface area contributed by atoms with Crippen molar-refractivity contribution in [2.75, 3.05) is 6.26 Å². The Bertz CT molecular complexity index is 2010. The van der Waals surface area contributed by atoms with E-state index in [2.05, 4.69) is 14.8 Å². The lowest BCUT2D eigenvalue weighted by atomic mass is 9.97. The van der Waals surface area contributed by atoms with Crippen LogP contribution in [0.4, 0.5) is 17.6 Å². The maximum atomic E-state index is 15.0. The number of aliphatic hydroxyl groups is 1. The Morgan fingerprint density at radius 2 is 1.75 bits per heavy atom. The first-order chi connectivity index (χ1) is 20.8. The van der Waals surface area contributed by atoms with Crippen molar-refractivity contribution in [1.82, 2.24) is 14.8 Å². The van der Waals surface area contributed by atoms with Gasteiger partial charge in [-0.2, -0.15) is 10.4 Å². The number of sulfone groups is 1. The molecule has 0 aliphatic heterocycles. The van der Waals surface area contributed by atoms with Gasteiger partial charge in [-0.05, 0) is 65.7 Å². The van der Waals surface area contributed by atoms with Gasteiger partial charge in [0, 0.05) is 36.1 Å². The number of halogens is 4. The topological polar surface area (TPSA) is 131 Å². The van der Waals surface area contributed by atoms with Crippen LogP contribution in [-0.4, -0.2) is 40.9 Å². The van der Waals surface area contributed by atoms with E-state index in [0.717, 1.165) is 24.5 Å². The van der Waals surface area contributed by atoms with E-state index in [1.807, 2.05) is 6.07 Å². The van der Waals surface area contributed by atoms with Gasteiger partial charge in [-0.15, -0.1) is 13.2 Å². The largest absolute Gasteiger partial charge is 0.573 e. The molecule has 3 aromatic carbocycles. The minimum Gasteiger partial charge on any atom is -0.440 e. The summed E-state index contributed by atoms with van der Waals surface area (Å²) in [5.41, 5.74) is 2.15. The van der Waals surface area contributed by atoms with Crippen LogP contribution in [0.1, 0.15) is 17.1 Å². The van der Waals surface area contributed by atoms with Crippen LogP contribution in [0.15, 0.2) is 76.2 Å². The second-order valence-corrected chi connectivity index (χ2v) is 11.7. The van der Waals surface area contributed by atoms with E-state index in [1.54, 1.807) is 37.4 Å². The highest BCUT2D eigenvalue weighted by Gasteiger charge is 2.31. The van der Waals surface area contributed by atoms with E-state index in [9.17, 15) is 26.7 Å². The molecule has 226 valence electrons. The molecule has 0 aliphatic carbocycles. The van der Waals surface area contributed by atoms with Crippen molar-refractivity contribution in [1.29, 1.82) is 5.26 Å². The molecule has 0 spiro atoms. The molecule has 5 rings (SSSR count). The number of ether oxygens (including phenoxy) is 1. The van der Waals surface area contributed by atoms with Gasteiger partial charge in [-0.25, -0.2) is 22.5 Å². The SMILES string of the molecule is Cc1nc(-c2ccc(OC(F)(F)F)cc2)c(-c2cc(-c3cc(F)c(CO)c(S(C)(=O)=O)c3)ccc2-n2ccc(CC#N)n2)o1. The lowest BCUT2D eigenvalue weighted by molar-refractivity contribution is -0.274. The molecule has 5 aromatic rings. The molecule has 0 unspecified atom stereocenters. The van der Waals surface area contributed by atoms with Crippen molar-refractivity contribution < 1.29 is 40.2 Å². The standard InChI is InChI=1S/C30H22F4N4O5S/c1-17-36-28(18-3-6-22(7-4-18)43-30(32,33)34)29(42-17)23-13-19(5-8-26(23)38-12-10-21(37-38)9-11-35)20-14-25(31)24(16-39)27(15-20)44(2,40)41/h3-8,10,12-15,39H,9,16H2,1-2H3. The Morgan fingerprint density at radius 1 is 1.05 bits per heavy atom. The van der Waals surface area contributed by atoms with Gasteiger partial charge in [0.1, 0.15) is 17.3 Å². The lowest BCUT2D eigenvalue weighted by Gasteiger charge is -2.14. The molecular weight excluding hydrogens is 604 g/mol. The number of aromatic nitrogens is 3. The fourth-order valence-corrected chi connectivity index (χ4v) is 5.60. The zero-order valence-corrected chi connectivity index (χ0v) is 23.9. The second-order valence-electron chi connectivity index (χ2n) is 9.67. The number of rotatable bonds is 8. The van der Waals surface area contributed by atoms with E-state index < -0.39 is 34.4 Å². The van der Waals surface area contributed by atoms with E-state index in [0.29, 0.717) is 28.1 Å². The molecule has 0 fully saturated rings. The smallest absolute Gasteiger partial charge is 0.440 e. The molecule has 44 heavy (non-hydrogen) atoms. The number of nitriles is 1. The van der Waals surface area contributed by atoms with E-state index in [1.165, 1.54) is 22.9 Å². The minimum absolute atomic E-state index is 0.0458. The normalized spacial score (nSPS) is 11.9. The number of oxazole rings is 1. The molecule has 0 amide bonds. The predicted octanol–water partition coefficient (Wildman–Crippen LogP) is 6.17. The highest BCUT2D eigenvalue weighted by Crippen LogP contribution is 2.39. The van der Waals surface area contributed by atoms with Crippen LogP contribution in [0.3, 0.4) is 0 Å². The van der Waals surface area contributed by atoms with Crippen molar-refractivity contribution in [3.63, 3.8) is 0 Å². The molecule has 0 aliphatic rings. The molecule has 0 bridgehead atoms. The summed E-state index contributed by atoms with van der Waals surface area (Å²) >= 11 is 0. The quantitative estimate of drug-likeness (QED) is 0.202. The molecule has 0 atom stereocenters. The zero-order valence-electron chi connectivity index (χ0n) is 23.1. The molecule has 0 saturated heterocycles. The Balaban J connectivity index is 1.71. The van der Waals surface area contributed by atoms with E-state index >= 15 is 4.39 Å². The number of aliphatic hydroxyl groups excluding tert-OH is 1. The Morgan fingerprint density at radius 3 is 2.39 bits per heavy atom. The van der Waals surface area contributed by atoms with Gasteiger partial charge in [0.05, 0.1) is 35.4 Å². The summed E-state index contributed by atoms with van der Waals surface area (Å²) in [6.07, 6.45) is -2.30. The number of alkyl halides is 3. The first-order valence-electron chi connectivity index (χ1n) is 12.8. The lowest BCUT2D eigenvalue weighted by Crippen LogP contribution is -2.16. The van der Waals surface area contributed by atoms with Crippen LogP contribution in [0, 0.1) is 24.1 Å². The Labute approximate surface area is 248 Å². The summed E-state index contributed by atoms with van der Waals surface area (Å²) < 4.78 is 89.4. The van der Waals surface area contributed by atoms with Crippen LogP contribution in [-0.2, 0) is 22.9 Å². The van der Waals surface area contributed by atoms with Crippen molar-refractivity contribution in [2.24, 2.45) is 0 Å². The van der Waals surface area contributed by atoms with Gasteiger partial charge < -0.3 is 14.3 Å².